The van der Waals surface area contributed by atoms with E-state index in [9.17, 15) is 0 Å². The molecule has 0 radical (unpaired) electrons. The summed E-state index contributed by atoms with van der Waals surface area (Å²) in [5.41, 5.74) is 7.72. The van der Waals surface area contributed by atoms with Crippen LogP contribution in [0.4, 0.5) is 0 Å². The maximum absolute atomic E-state index is 5.61. The third kappa shape index (κ3) is 2.58. The predicted molar refractivity (Wildman–Crippen MR) is 63.4 cm³/mol. The zero-order valence-electron chi connectivity index (χ0n) is 9.18. The zero-order chi connectivity index (χ0) is 11.4. The molecule has 82 valence electrons. The predicted octanol–water partition coefficient (Wildman–Crippen LogP) is 2.64. The zero-order valence-corrected chi connectivity index (χ0v) is 9.18. The number of aromatic nitrogens is 1. The number of benzene rings is 1. The topological polar surface area (TPSA) is 48.1 Å². The summed E-state index contributed by atoms with van der Waals surface area (Å²) in [6.07, 6.45) is 1.78. The van der Waals surface area contributed by atoms with Crippen LogP contribution in [0.15, 0.2) is 42.6 Å². The van der Waals surface area contributed by atoms with Crippen molar-refractivity contribution in [2.45, 2.75) is 13.5 Å². The Morgan fingerprint density at radius 3 is 2.81 bits per heavy atom. The lowest BCUT2D eigenvalue weighted by molar-refractivity contribution is 0.462. The van der Waals surface area contributed by atoms with E-state index in [1.165, 1.54) is 0 Å². The Morgan fingerprint density at radius 1 is 1.25 bits per heavy atom. The molecular weight excluding hydrogens is 200 g/mol. The lowest BCUT2D eigenvalue weighted by Crippen LogP contribution is -1.96. The first kappa shape index (κ1) is 10.6. The molecule has 0 saturated carbocycles. The number of nitrogens with two attached hydrogens (primary N) is 1. The number of rotatable bonds is 3. The normalized spacial score (nSPS) is 10.1. The first-order chi connectivity index (χ1) is 7.78. The fourth-order valence-corrected chi connectivity index (χ4v) is 1.37. The summed E-state index contributed by atoms with van der Waals surface area (Å²) in [4.78, 5) is 4.18. The van der Waals surface area contributed by atoms with Crippen molar-refractivity contribution >= 4 is 0 Å². The van der Waals surface area contributed by atoms with Gasteiger partial charge in [0.15, 0.2) is 0 Å². The molecule has 0 unspecified atom stereocenters. The smallest absolute Gasteiger partial charge is 0.219 e. The molecule has 0 fully saturated rings. The number of hydrogen-bond donors (Lipinski definition) is 1. The van der Waals surface area contributed by atoms with E-state index in [1.807, 2.05) is 43.3 Å². The van der Waals surface area contributed by atoms with Crippen molar-refractivity contribution in [3.8, 4) is 11.6 Å². The van der Waals surface area contributed by atoms with Crippen LogP contribution in [0.1, 0.15) is 11.1 Å². The molecule has 1 aromatic heterocycles. The Bertz CT molecular complexity index is 466. The van der Waals surface area contributed by atoms with Crippen LogP contribution in [0, 0.1) is 6.92 Å². The van der Waals surface area contributed by atoms with Crippen molar-refractivity contribution in [2.75, 3.05) is 0 Å². The Balaban J connectivity index is 2.16. The van der Waals surface area contributed by atoms with Gasteiger partial charge in [0.05, 0.1) is 0 Å². The van der Waals surface area contributed by atoms with E-state index in [4.69, 9.17) is 10.5 Å². The Morgan fingerprint density at radius 2 is 2.12 bits per heavy atom. The fourth-order valence-electron chi connectivity index (χ4n) is 1.37. The largest absolute Gasteiger partial charge is 0.439 e. The minimum absolute atomic E-state index is 0.512. The maximum Gasteiger partial charge on any atom is 0.219 e. The van der Waals surface area contributed by atoms with Crippen molar-refractivity contribution in [1.82, 2.24) is 4.98 Å². The summed E-state index contributed by atoms with van der Waals surface area (Å²) < 4.78 is 5.61. The molecular formula is C13H14N2O. The number of nitrogens with zero attached hydrogens (tertiary/aromatic N) is 1. The third-order valence-electron chi connectivity index (χ3n) is 2.24. The van der Waals surface area contributed by atoms with E-state index in [0.29, 0.717) is 12.4 Å². The molecule has 3 heteroatoms. The van der Waals surface area contributed by atoms with Gasteiger partial charge in [-0.15, -0.1) is 0 Å². The van der Waals surface area contributed by atoms with Gasteiger partial charge in [0.2, 0.25) is 5.88 Å². The third-order valence-corrected chi connectivity index (χ3v) is 2.24. The molecule has 1 heterocycles. The highest BCUT2D eigenvalue weighted by Gasteiger charge is 1.98. The summed E-state index contributed by atoms with van der Waals surface area (Å²) >= 11 is 0. The van der Waals surface area contributed by atoms with Crippen molar-refractivity contribution in [2.24, 2.45) is 5.73 Å². The average molecular weight is 214 g/mol. The Hall–Kier alpha value is -1.87. The molecule has 0 amide bonds. The fraction of sp³-hybridized carbons (Fsp3) is 0.154. The molecule has 0 aliphatic heterocycles. The van der Waals surface area contributed by atoms with Gasteiger partial charge in [-0.2, -0.15) is 0 Å². The highest BCUT2D eigenvalue weighted by molar-refractivity contribution is 5.31. The van der Waals surface area contributed by atoms with Gasteiger partial charge in [-0.1, -0.05) is 18.2 Å². The first-order valence-corrected chi connectivity index (χ1v) is 5.17. The summed E-state index contributed by atoms with van der Waals surface area (Å²) in [7, 11) is 0. The van der Waals surface area contributed by atoms with Gasteiger partial charge in [-0.3, -0.25) is 0 Å². The average Bonchev–Trinajstić information content (AvgIpc) is 2.32. The highest BCUT2D eigenvalue weighted by Crippen LogP contribution is 2.20. The van der Waals surface area contributed by atoms with E-state index in [1.54, 1.807) is 6.20 Å². The van der Waals surface area contributed by atoms with Crippen LogP contribution in [-0.4, -0.2) is 4.98 Å². The van der Waals surface area contributed by atoms with E-state index in [0.717, 1.165) is 16.9 Å². The minimum Gasteiger partial charge on any atom is -0.439 e. The lowest BCUT2D eigenvalue weighted by atomic mass is 10.2. The van der Waals surface area contributed by atoms with Gasteiger partial charge in [0.25, 0.3) is 0 Å². The van der Waals surface area contributed by atoms with Crippen molar-refractivity contribution in [1.29, 1.82) is 0 Å². The molecule has 0 spiro atoms. The summed E-state index contributed by atoms with van der Waals surface area (Å²) in [6.45, 7) is 2.50. The molecule has 0 aliphatic carbocycles. The molecule has 3 nitrogen and oxygen atoms in total. The summed E-state index contributed by atoms with van der Waals surface area (Å²) in [6, 6.07) is 11.5. The van der Waals surface area contributed by atoms with Gasteiger partial charge in [0.1, 0.15) is 5.75 Å². The van der Waals surface area contributed by atoms with E-state index >= 15 is 0 Å². The molecule has 1 aromatic carbocycles. The van der Waals surface area contributed by atoms with Gasteiger partial charge >= 0.3 is 0 Å². The molecule has 2 rings (SSSR count). The molecule has 16 heavy (non-hydrogen) atoms. The van der Waals surface area contributed by atoms with Gasteiger partial charge < -0.3 is 10.5 Å². The first-order valence-electron chi connectivity index (χ1n) is 5.17. The quantitative estimate of drug-likeness (QED) is 0.854. The highest BCUT2D eigenvalue weighted by atomic mass is 16.5. The second-order valence-electron chi connectivity index (χ2n) is 3.63. The van der Waals surface area contributed by atoms with Gasteiger partial charge in [-0.25, -0.2) is 4.98 Å². The maximum atomic E-state index is 5.61. The summed E-state index contributed by atoms with van der Waals surface area (Å²) in [5.74, 6) is 1.36. The van der Waals surface area contributed by atoms with Gasteiger partial charge in [0, 0.05) is 18.8 Å². The molecule has 0 saturated heterocycles. The van der Waals surface area contributed by atoms with Crippen LogP contribution >= 0.6 is 0 Å². The molecule has 0 bridgehead atoms. The van der Waals surface area contributed by atoms with E-state index in [-0.39, 0.29) is 0 Å². The van der Waals surface area contributed by atoms with Crippen LogP contribution in [0.2, 0.25) is 0 Å². The Kier molecular flexibility index (Phi) is 3.17. The van der Waals surface area contributed by atoms with Crippen molar-refractivity contribution in [3.63, 3.8) is 0 Å². The molecule has 2 N–H and O–H groups in total. The number of pyridine rings is 1. The number of aryl methyl sites for hydroxylation is 1. The minimum atomic E-state index is 0.512. The second-order valence-corrected chi connectivity index (χ2v) is 3.63. The van der Waals surface area contributed by atoms with Crippen LogP contribution in [0.25, 0.3) is 0 Å². The van der Waals surface area contributed by atoms with E-state index < -0.39 is 0 Å². The Labute approximate surface area is 94.9 Å². The molecule has 0 aliphatic rings. The number of hydrogen-bond acceptors (Lipinski definition) is 3. The second kappa shape index (κ2) is 4.77. The summed E-state index contributed by atoms with van der Waals surface area (Å²) in [5, 5.41) is 0. The lowest BCUT2D eigenvalue weighted by Gasteiger charge is -2.05. The standard InChI is InChI=1S/C13H14N2O/c1-10-5-6-13(15-9-10)16-12-4-2-3-11(7-12)8-14/h2-7,9H,8,14H2,1H3. The van der Waals surface area contributed by atoms with Crippen LogP contribution in [0.5, 0.6) is 11.6 Å². The van der Waals surface area contributed by atoms with Crippen LogP contribution in [0.3, 0.4) is 0 Å². The van der Waals surface area contributed by atoms with Crippen LogP contribution < -0.4 is 10.5 Å². The molecule has 2 aromatic rings. The molecule has 0 atom stereocenters. The van der Waals surface area contributed by atoms with E-state index in [2.05, 4.69) is 4.98 Å². The van der Waals surface area contributed by atoms with Crippen molar-refractivity contribution < 1.29 is 4.74 Å². The van der Waals surface area contributed by atoms with Crippen molar-refractivity contribution in [3.05, 3.63) is 53.7 Å². The number of ether oxygens (including phenoxy) is 1. The SMILES string of the molecule is Cc1ccc(Oc2cccc(CN)c2)nc1. The monoisotopic (exact) mass is 214 g/mol. The van der Waals surface area contributed by atoms with Crippen LogP contribution in [-0.2, 0) is 6.54 Å². The van der Waals surface area contributed by atoms with Gasteiger partial charge in [-0.05, 0) is 30.2 Å².